The second-order valence-corrected chi connectivity index (χ2v) is 4.80. The van der Waals surface area contributed by atoms with Crippen molar-refractivity contribution in [3.05, 3.63) is 35.1 Å². The SMILES string of the molecule is Cc1nnc2sc(COc3ccccc3N)nn12. The number of anilines is 1. The highest BCUT2D eigenvalue weighted by Gasteiger charge is 2.09. The van der Waals surface area contributed by atoms with Crippen LogP contribution in [0.25, 0.3) is 4.96 Å². The number of fused-ring (bicyclic) bond motifs is 1. The summed E-state index contributed by atoms with van der Waals surface area (Å²) in [6, 6.07) is 7.39. The summed E-state index contributed by atoms with van der Waals surface area (Å²) in [5.41, 5.74) is 6.42. The van der Waals surface area contributed by atoms with Crippen LogP contribution in [0.15, 0.2) is 24.3 Å². The molecule has 7 heteroatoms. The highest BCUT2D eigenvalue weighted by Crippen LogP contribution is 2.22. The third-order valence-electron chi connectivity index (χ3n) is 2.46. The Kier molecular flexibility index (Phi) is 2.60. The van der Waals surface area contributed by atoms with Crippen molar-refractivity contribution in [2.45, 2.75) is 13.5 Å². The van der Waals surface area contributed by atoms with Gasteiger partial charge in [0.2, 0.25) is 4.96 Å². The molecule has 0 saturated carbocycles. The summed E-state index contributed by atoms with van der Waals surface area (Å²) in [5, 5.41) is 13.1. The normalized spacial score (nSPS) is 10.9. The number of para-hydroxylation sites is 2. The van der Waals surface area contributed by atoms with E-state index in [0.717, 1.165) is 15.8 Å². The molecule has 18 heavy (non-hydrogen) atoms. The molecule has 0 fully saturated rings. The van der Waals surface area contributed by atoms with Gasteiger partial charge in [0.05, 0.1) is 5.69 Å². The molecule has 0 unspecified atom stereocenters. The fourth-order valence-corrected chi connectivity index (χ4v) is 2.36. The molecule has 0 radical (unpaired) electrons. The van der Waals surface area contributed by atoms with E-state index >= 15 is 0 Å². The Hall–Kier alpha value is -2.15. The topological polar surface area (TPSA) is 78.3 Å². The quantitative estimate of drug-likeness (QED) is 0.725. The van der Waals surface area contributed by atoms with Gasteiger partial charge in [0.15, 0.2) is 10.8 Å². The molecule has 0 atom stereocenters. The zero-order valence-corrected chi connectivity index (χ0v) is 10.5. The standard InChI is InChI=1S/C11H11N5OS/c1-7-13-14-11-16(7)15-10(18-11)6-17-9-5-3-2-4-8(9)12/h2-5H,6,12H2,1H3. The molecule has 6 nitrogen and oxygen atoms in total. The average molecular weight is 261 g/mol. The zero-order chi connectivity index (χ0) is 12.5. The lowest BCUT2D eigenvalue weighted by Gasteiger charge is -2.05. The minimum atomic E-state index is 0.377. The first-order valence-corrected chi connectivity index (χ1v) is 6.21. The molecule has 0 aliphatic carbocycles. The van der Waals surface area contributed by atoms with Crippen LogP contribution in [0, 0.1) is 6.92 Å². The first kappa shape index (κ1) is 11.0. The van der Waals surface area contributed by atoms with E-state index in [-0.39, 0.29) is 0 Å². The Bertz CT molecular complexity index is 690. The highest BCUT2D eigenvalue weighted by molar-refractivity contribution is 7.16. The fourth-order valence-electron chi connectivity index (χ4n) is 1.56. The molecule has 0 amide bonds. The maximum Gasteiger partial charge on any atom is 0.234 e. The molecule has 3 aromatic rings. The third-order valence-corrected chi connectivity index (χ3v) is 3.33. The van der Waals surface area contributed by atoms with E-state index in [9.17, 15) is 0 Å². The zero-order valence-electron chi connectivity index (χ0n) is 9.70. The molecule has 0 aliphatic heterocycles. The molecule has 92 valence electrons. The smallest absolute Gasteiger partial charge is 0.234 e. The van der Waals surface area contributed by atoms with Gasteiger partial charge >= 0.3 is 0 Å². The van der Waals surface area contributed by atoms with Crippen molar-refractivity contribution in [3.63, 3.8) is 0 Å². The van der Waals surface area contributed by atoms with Crippen LogP contribution in [-0.2, 0) is 6.61 Å². The van der Waals surface area contributed by atoms with Crippen LogP contribution >= 0.6 is 11.3 Å². The monoisotopic (exact) mass is 261 g/mol. The maximum absolute atomic E-state index is 5.79. The van der Waals surface area contributed by atoms with Crippen LogP contribution in [0.1, 0.15) is 10.8 Å². The number of aromatic nitrogens is 4. The van der Waals surface area contributed by atoms with Crippen LogP contribution < -0.4 is 10.5 Å². The number of hydrogen-bond acceptors (Lipinski definition) is 6. The van der Waals surface area contributed by atoms with Crippen molar-refractivity contribution in [1.82, 2.24) is 19.8 Å². The van der Waals surface area contributed by atoms with E-state index < -0.39 is 0 Å². The summed E-state index contributed by atoms with van der Waals surface area (Å²) in [6.45, 7) is 2.24. The minimum absolute atomic E-state index is 0.377. The molecule has 0 spiro atoms. The van der Waals surface area contributed by atoms with E-state index in [2.05, 4.69) is 15.3 Å². The largest absolute Gasteiger partial charge is 0.484 e. The van der Waals surface area contributed by atoms with Crippen molar-refractivity contribution < 1.29 is 4.74 Å². The van der Waals surface area contributed by atoms with Crippen molar-refractivity contribution in [2.75, 3.05) is 5.73 Å². The predicted octanol–water partition coefficient (Wildman–Crippen LogP) is 1.66. The van der Waals surface area contributed by atoms with Gasteiger partial charge in [-0.15, -0.1) is 10.2 Å². The van der Waals surface area contributed by atoms with Gasteiger partial charge in [-0.25, -0.2) is 0 Å². The van der Waals surface area contributed by atoms with Crippen LogP contribution in [0.5, 0.6) is 5.75 Å². The number of rotatable bonds is 3. The Morgan fingerprint density at radius 3 is 2.94 bits per heavy atom. The van der Waals surface area contributed by atoms with Gasteiger partial charge in [0.25, 0.3) is 0 Å². The van der Waals surface area contributed by atoms with Crippen LogP contribution in [-0.4, -0.2) is 19.8 Å². The van der Waals surface area contributed by atoms with Crippen molar-refractivity contribution in [1.29, 1.82) is 0 Å². The second-order valence-electron chi connectivity index (χ2n) is 3.76. The van der Waals surface area contributed by atoms with Gasteiger partial charge in [-0.1, -0.05) is 23.5 Å². The summed E-state index contributed by atoms with van der Waals surface area (Å²) in [5.74, 6) is 1.44. The summed E-state index contributed by atoms with van der Waals surface area (Å²) in [4.78, 5) is 0.770. The van der Waals surface area contributed by atoms with Gasteiger partial charge in [0.1, 0.15) is 12.4 Å². The van der Waals surface area contributed by atoms with Crippen molar-refractivity contribution in [2.24, 2.45) is 0 Å². The Morgan fingerprint density at radius 1 is 1.33 bits per heavy atom. The molecule has 2 heterocycles. The third kappa shape index (κ3) is 1.88. The molecular weight excluding hydrogens is 250 g/mol. The van der Waals surface area contributed by atoms with Gasteiger partial charge < -0.3 is 10.5 Å². The van der Waals surface area contributed by atoms with Crippen molar-refractivity contribution >= 4 is 22.0 Å². The summed E-state index contributed by atoms with van der Waals surface area (Å²) >= 11 is 1.46. The second kappa shape index (κ2) is 4.26. The average Bonchev–Trinajstić information content (AvgIpc) is 2.91. The van der Waals surface area contributed by atoms with Gasteiger partial charge in [0, 0.05) is 0 Å². The molecule has 2 N–H and O–H groups in total. The number of aryl methyl sites for hydroxylation is 1. The van der Waals surface area contributed by atoms with Crippen molar-refractivity contribution in [3.8, 4) is 5.75 Å². The number of nitrogens with two attached hydrogens (primary N) is 1. The fraction of sp³-hybridized carbons (Fsp3) is 0.182. The number of ether oxygens (including phenoxy) is 1. The van der Waals surface area contributed by atoms with E-state index in [1.165, 1.54) is 11.3 Å². The number of nitrogen functional groups attached to an aromatic ring is 1. The summed E-state index contributed by atoms with van der Waals surface area (Å²) < 4.78 is 7.33. The number of benzene rings is 1. The molecule has 1 aromatic carbocycles. The molecule has 0 aliphatic rings. The summed E-state index contributed by atoms with van der Waals surface area (Å²) in [6.07, 6.45) is 0. The molecule has 2 aromatic heterocycles. The highest BCUT2D eigenvalue weighted by atomic mass is 32.1. The summed E-state index contributed by atoms with van der Waals surface area (Å²) in [7, 11) is 0. The molecular formula is C11H11N5OS. The lowest BCUT2D eigenvalue weighted by atomic mass is 10.3. The van der Waals surface area contributed by atoms with E-state index in [4.69, 9.17) is 10.5 Å². The van der Waals surface area contributed by atoms with E-state index in [1.807, 2.05) is 25.1 Å². The number of hydrogen-bond donors (Lipinski definition) is 1. The van der Waals surface area contributed by atoms with E-state index in [1.54, 1.807) is 10.6 Å². The lowest BCUT2D eigenvalue weighted by Crippen LogP contribution is -1.99. The lowest BCUT2D eigenvalue weighted by molar-refractivity contribution is 0.305. The van der Waals surface area contributed by atoms with Gasteiger partial charge in [-0.3, -0.25) is 0 Å². The van der Waals surface area contributed by atoms with Gasteiger partial charge in [-0.05, 0) is 19.1 Å². The van der Waals surface area contributed by atoms with Crippen LogP contribution in [0.4, 0.5) is 5.69 Å². The predicted molar refractivity (Wildman–Crippen MR) is 68.6 cm³/mol. The molecule has 3 rings (SSSR count). The van der Waals surface area contributed by atoms with E-state index in [0.29, 0.717) is 18.0 Å². The Labute approximate surface area is 107 Å². The van der Waals surface area contributed by atoms with Gasteiger partial charge in [-0.2, -0.15) is 9.61 Å². The Morgan fingerprint density at radius 2 is 2.17 bits per heavy atom. The maximum atomic E-state index is 5.79. The first-order chi connectivity index (χ1) is 8.74. The Balaban J connectivity index is 1.79. The number of nitrogens with zero attached hydrogens (tertiary/aromatic N) is 4. The molecule has 0 bridgehead atoms. The first-order valence-electron chi connectivity index (χ1n) is 5.39. The van der Waals surface area contributed by atoms with Crippen LogP contribution in [0.3, 0.4) is 0 Å². The van der Waals surface area contributed by atoms with Crippen LogP contribution in [0.2, 0.25) is 0 Å². The minimum Gasteiger partial charge on any atom is -0.484 e. The molecule has 0 saturated heterocycles.